The number of sulfonamides is 2. The highest BCUT2D eigenvalue weighted by atomic mass is 35.6. The molecule has 4 aromatic rings. The summed E-state index contributed by atoms with van der Waals surface area (Å²) in [5.41, 5.74) is 11.9. The quantitative estimate of drug-likeness (QED) is 0.0277. The van der Waals surface area contributed by atoms with E-state index in [4.69, 9.17) is 36.4 Å². The van der Waals surface area contributed by atoms with Gasteiger partial charge in [0.05, 0.1) is 60.5 Å². The van der Waals surface area contributed by atoms with Gasteiger partial charge in [-0.25, -0.2) is 45.8 Å². The number of nitrogen functional groups attached to an aromatic ring is 2. The number of anilines is 2. The number of halogens is 1. The van der Waals surface area contributed by atoms with Crippen LogP contribution in [-0.4, -0.2) is 108 Å². The predicted molar refractivity (Wildman–Crippen MR) is 352 cm³/mol. The van der Waals surface area contributed by atoms with Gasteiger partial charge in [0.1, 0.15) is 0 Å². The van der Waals surface area contributed by atoms with Crippen LogP contribution in [0.15, 0.2) is 58.6 Å². The molecule has 0 bridgehead atoms. The Labute approximate surface area is 518 Å². The Morgan fingerprint density at radius 1 is 0.643 bits per heavy atom. The van der Waals surface area contributed by atoms with Crippen molar-refractivity contribution in [1.29, 1.82) is 0 Å². The van der Waals surface area contributed by atoms with Gasteiger partial charge in [0.2, 0.25) is 20.0 Å². The lowest BCUT2D eigenvalue weighted by molar-refractivity contribution is 0.108. The molecule has 6 rings (SSSR count). The number of aliphatic hydroxyl groups is 1. The number of hydrogen-bond acceptors (Lipinski definition) is 16. The zero-order chi connectivity index (χ0) is 62.9. The van der Waals surface area contributed by atoms with Crippen molar-refractivity contribution < 1.29 is 45.4 Å². The Morgan fingerprint density at radius 2 is 0.988 bits per heavy atom. The van der Waals surface area contributed by atoms with E-state index in [9.17, 15) is 31.5 Å². The van der Waals surface area contributed by atoms with Crippen LogP contribution >= 0.6 is 33.8 Å². The first-order chi connectivity index (χ1) is 37.9. The van der Waals surface area contributed by atoms with Crippen molar-refractivity contribution in [3.05, 3.63) is 58.8 Å². The van der Waals surface area contributed by atoms with Crippen molar-refractivity contribution in [2.75, 3.05) is 24.7 Å². The van der Waals surface area contributed by atoms with E-state index < -0.39 is 46.8 Å². The highest BCUT2D eigenvalue weighted by Crippen LogP contribution is 2.43. The maximum Gasteiger partial charge on any atom is 0.407 e. The van der Waals surface area contributed by atoms with Gasteiger partial charge in [-0.05, 0) is 154 Å². The molecular weight excluding hydrogens is 1200 g/mol. The molecule has 2 saturated carbocycles. The van der Waals surface area contributed by atoms with Crippen LogP contribution in [0.3, 0.4) is 0 Å². The molecule has 0 aliphatic heterocycles. The van der Waals surface area contributed by atoms with E-state index in [1.807, 2.05) is 41.5 Å². The first-order valence-electron chi connectivity index (χ1n) is 28.6. The number of nitrogens with two attached hydrogens (primary N) is 2. The van der Waals surface area contributed by atoms with Gasteiger partial charge in [0, 0.05) is 64.4 Å². The third kappa shape index (κ3) is 22.5. The van der Waals surface area contributed by atoms with Crippen molar-refractivity contribution in [3.8, 4) is 20.9 Å². The largest absolute Gasteiger partial charge is 0.447 e. The fourth-order valence-corrected chi connectivity index (χ4v) is 15.3. The van der Waals surface area contributed by atoms with Crippen molar-refractivity contribution >= 4 is 93.1 Å². The minimum Gasteiger partial charge on any atom is -0.447 e. The lowest BCUT2D eigenvalue weighted by Gasteiger charge is -2.39. The van der Waals surface area contributed by atoms with Gasteiger partial charge in [-0.2, -0.15) is 11.1 Å². The Balaban J connectivity index is 0.000000390. The van der Waals surface area contributed by atoms with Crippen LogP contribution in [0.5, 0.6) is 0 Å². The summed E-state index contributed by atoms with van der Waals surface area (Å²) in [7, 11) is -11.3. The van der Waals surface area contributed by atoms with Gasteiger partial charge in [-0.15, -0.1) is 22.7 Å². The van der Waals surface area contributed by atoms with Crippen LogP contribution < -0.4 is 31.5 Å². The number of benzene rings is 2. The molecule has 0 unspecified atom stereocenters. The second-order valence-electron chi connectivity index (χ2n) is 26.8. The predicted octanol–water partition coefficient (Wildman–Crippen LogP) is 14.1. The molecule has 0 spiro atoms. The molecule has 0 atom stereocenters. The summed E-state index contributed by atoms with van der Waals surface area (Å²) in [4.78, 5) is 34.8. The number of alkyl carbamates (subject to hydrolysis) is 2. The highest BCUT2D eigenvalue weighted by molar-refractivity contribution is 7.90. The number of thiazole rings is 2. The summed E-state index contributed by atoms with van der Waals surface area (Å²) in [6.45, 7) is 35.8. The van der Waals surface area contributed by atoms with Gasteiger partial charge in [0.25, 0.3) is 0 Å². The van der Waals surface area contributed by atoms with Crippen LogP contribution in [0, 0.1) is 0 Å². The molecule has 476 valence electrons. The molecule has 2 heterocycles. The summed E-state index contributed by atoms with van der Waals surface area (Å²) in [5, 5.41) is 17.7. The van der Waals surface area contributed by atoms with Gasteiger partial charge in [-0.1, -0.05) is 74.2 Å². The summed E-state index contributed by atoms with van der Waals surface area (Å²) < 4.78 is 75.8. The molecule has 18 nitrogen and oxygen atoms in total. The number of amides is 2. The molecule has 0 saturated heterocycles. The monoisotopic (exact) mass is 1300 g/mol. The van der Waals surface area contributed by atoms with Gasteiger partial charge < -0.3 is 41.1 Å². The van der Waals surface area contributed by atoms with Crippen LogP contribution in [0.2, 0.25) is 36.3 Å². The number of carbonyl (C=O) groups is 2. The number of carbonyl (C=O) groups excluding carboxylic acids is 2. The minimum absolute atomic E-state index is 0. The average molecular weight is 1300 g/mol. The molecule has 25 heteroatoms. The van der Waals surface area contributed by atoms with E-state index >= 15 is 0 Å². The zero-order valence-electron chi connectivity index (χ0n) is 52.3. The van der Waals surface area contributed by atoms with Gasteiger partial charge in [-0.3, -0.25) is 0 Å². The summed E-state index contributed by atoms with van der Waals surface area (Å²) in [6, 6.07) is 9.92. The second-order valence-corrected chi connectivity index (χ2v) is 44.4. The molecular formula is C59H101ClN8O10S4Si2. The van der Waals surface area contributed by atoms with Crippen LogP contribution in [0.25, 0.3) is 20.9 Å². The number of hydrogen-bond donors (Lipinski definition) is 7. The van der Waals surface area contributed by atoms with E-state index in [0.29, 0.717) is 27.5 Å². The molecule has 2 amide bonds. The molecule has 2 aliphatic rings. The van der Waals surface area contributed by atoms with E-state index in [1.54, 1.807) is 50.5 Å². The Bertz CT molecular complexity index is 3000. The maximum absolute atomic E-state index is 13.7. The summed E-state index contributed by atoms with van der Waals surface area (Å²) >= 11 is 9.13. The van der Waals surface area contributed by atoms with E-state index in [0.717, 1.165) is 71.1 Å². The molecule has 2 aromatic heterocycles. The lowest BCUT2D eigenvalue weighted by Crippen LogP contribution is -2.51. The molecule has 0 radical (unpaired) electrons. The van der Waals surface area contributed by atoms with E-state index in [2.05, 4.69) is 97.8 Å². The third-order valence-corrected chi connectivity index (χ3v) is 30.9. The van der Waals surface area contributed by atoms with Crippen molar-refractivity contribution in [2.45, 2.75) is 249 Å². The van der Waals surface area contributed by atoms with Crippen molar-refractivity contribution in [1.82, 2.24) is 30.0 Å². The smallest absolute Gasteiger partial charge is 0.407 e. The average Bonchev–Trinajstić information content (AvgIpc) is 3.93. The number of aromatic nitrogens is 2. The topological polar surface area (TPSA) is 276 Å². The number of ether oxygens (including phenoxy) is 2. The molecule has 2 aliphatic carbocycles. The van der Waals surface area contributed by atoms with Crippen LogP contribution in [-0.2, 0) is 33.9 Å². The first kappa shape index (κ1) is 74.6. The fraction of sp³-hybridized carbons (Fsp3) is 0.661. The third-order valence-electron chi connectivity index (χ3n) is 15.3. The molecule has 9 N–H and O–H groups in total. The summed E-state index contributed by atoms with van der Waals surface area (Å²) in [6.07, 6.45) is 9.23. The zero-order valence-corrected chi connectivity index (χ0v) is 58.4. The lowest BCUT2D eigenvalue weighted by atomic mass is 9.86. The molecule has 2 aromatic carbocycles. The second kappa shape index (κ2) is 30.0. The highest BCUT2D eigenvalue weighted by Gasteiger charge is 2.40. The number of nitrogens with zero attached hydrogens (tertiary/aromatic N) is 2. The van der Waals surface area contributed by atoms with Crippen molar-refractivity contribution in [3.63, 3.8) is 0 Å². The van der Waals surface area contributed by atoms with E-state index in [-0.39, 0.29) is 83.8 Å². The fourth-order valence-electron chi connectivity index (χ4n) is 8.41. The standard InChI is InChI=1S/C29H48N4O5S2Si.C23H34N4O5S2.C6H15ClSi.CH4/c1-19(2)38-27(34)32-22-13-10-20(11-14-22)26-31-17-24(39-26)23-15-12-21(30)16-25(23)40(35,36)33-29(6,7)18-37-41(8,9)28(3,4)5;1-14(2)32-22(29)26-17-8-5-15(6-9-17)21-25-12-19(33-21)18-10-7-16(24)11-20(18)34(30,31)27-23(3,4)13-28;1-6(2,3)8(4,5)7;/h12,15-17,19-20,22,33H,10-11,13-14,18,30H2,1-9H3,(H,32,34);7,10-12,14-15,17,27-28H,5-6,8-9,13,24H2,1-4H3,(H,26,29);1-5H3;1H4. The number of rotatable bonds is 18. The SMILES string of the molecule is C.CC(C)(C)[Si](C)(C)Cl.CC(C)OC(=O)NC1CCC(c2ncc(-c3ccc(N)cc3S(=O)(=O)NC(C)(C)CO)s2)CC1.CC(C)OC(=O)NC1CCC(c2ncc(-c3ccc(N)cc3S(=O)(=O)NC(C)(C)CO[Si](C)(C)C(C)(C)C)s2)CC1. The normalized spacial score (nSPS) is 18.4. The molecule has 84 heavy (non-hydrogen) atoms. The Morgan fingerprint density at radius 3 is 1.30 bits per heavy atom. The Hall–Kier alpha value is -3.70. The van der Waals surface area contributed by atoms with Crippen LogP contribution in [0.4, 0.5) is 21.0 Å². The maximum atomic E-state index is 13.7. The first-order valence-corrected chi connectivity index (χ1v) is 40.1. The number of aliphatic hydroxyl groups excluding tert-OH is 1. The molecule has 2 fully saturated rings. The van der Waals surface area contributed by atoms with Gasteiger partial charge >= 0.3 is 12.2 Å². The summed E-state index contributed by atoms with van der Waals surface area (Å²) in [5.74, 6) is 0.504. The van der Waals surface area contributed by atoms with Crippen molar-refractivity contribution in [2.24, 2.45) is 0 Å². The van der Waals surface area contributed by atoms with E-state index in [1.165, 1.54) is 34.8 Å². The minimum atomic E-state index is -3.94. The van der Waals surface area contributed by atoms with Crippen LogP contribution in [0.1, 0.15) is 178 Å². The Kier molecular flexibility index (Phi) is 26.6. The number of nitrogens with one attached hydrogen (secondary N) is 4. The van der Waals surface area contributed by atoms with Gasteiger partial charge in [0.15, 0.2) is 15.7 Å².